The summed E-state index contributed by atoms with van der Waals surface area (Å²) in [7, 11) is 4.62. The van der Waals surface area contributed by atoms with E-state index in [0.717, 1.165) is 23.1 Å². The molecule has 0 radical (unpaired) electrons. The van der Waals surface area contributed by atoms with E-state index in [0.29, 0.717) is 46.0 Å². The van der Waals surface area contributed by atoms with E-state index in [1.54, 1.807) is 32.4 Å². The topological polar surface area (TPSA) is 84.2 Å². The SMILES string of the molecule is CCCc1cc(=O)oc2cc(C)c3c(c12)O[C@H](c1cc(OC)c(OC)c(OC)c1)CC3=O. The third-order valence-corrected chi connectivity index (χ3v) is 5.75. The van der Waals surface area contributed by atoms with E-state index in [9.17, 15) is 9.59 Å². The lowest BCUT2D eigenvalue weighted by atomic mass is 9.90. The minimum Gasteiger partial charge on any atom is -0.493 e. The second-order valence-corrected chi connectivity index (χ2v) is 7.80. The lowest BCUT2D eigenvalue weighted by Crippen LogP contribution is -2.22. The lowest BCUT2D eigenvalue weighted by Gasteiger charge is -2.29. The van der Waals surface area contributed by atoms with E-state index < -0.39 is 11.7 Å². The quantitative estimate of drug-likeness (QED) is 0.512. The summed E-state index contributed by atoms with van der Waals surface area (Å²) >= 11 is 0. The molecule has 7 heteroatoms. The molecule has 1 aliphatic rings. The maximum Gasteiger partial charge on any atom is 0.336 e. The van der Waals surface area contributed by atoms with E-state index in [4.69, 9.17) is 23.4 Å². The summed E-state index contributed by atoms with van der Waals surface area (Å²) in [5.41, 5.74) is 2.81. The summed E-state index contributed by atoms with van der Waals surface area (Å²) in [5.74, 6) is 1.86. The van der Waals surface area contributed by atoms with Crippen molar-refractivity contribution in [3.8, 4) is 23.0 Å². The Bertz CT molecular complexity index is 1230. The van der Waals surface area contributed by atoms with Gasteiger partial charge in [0.25, 0.3) is 0 Å². The monoisotopic (exact) mass is 438 g/mol. The van der Waals surface area contributed by atoms with Gasteiger partial charge in [0.1, 0.15) is 17.4 Å². The number of carbonyl (C=O) groups excluding carboxylic acids is 1. The molecule has 168 valence electrons. The highest BCUT2D eigenvalue weighted by molar-refractivity contribution is 6.07. The Morgan fingerprint density at radius 3 is 2.28 bits per heavy atom. The fourth-order valence-electron chi connectivity index (χ4n) is 4.35. The number of Topliss-reactive ketones (excluding diaryl/α,β-unsaturated/α-hetero) is 1. The van der Waals surface area contributed by atoms with E-state index in [2.05, 4.69) is 0 Å². The summed E-state index contributed by atoms with van der Waals surface area (Å²) in [4.78, 5) is 25.3. The predicted octanol–water partition coefficient (Wildman–Crippen LogP) is 4.79. The summed E-state index contributed by atoms with van der Waals surface area (Å²) in [6.45, 7) is 3.86. The average molecular weight is 438 g/mol. The van der Waals surface area contributed by atoms with Crippen LogP contribution in [0.4, 0.5) is 0 Å². The molecule has 0 saturated heterocycles. The molecule has 7 nitrogen and oxygen atoms in total. The number of aryl methyl sites for hydroxylation is 2. The van der Waals surface area contributed by atoms with Crippen LogP contribution >= 0.6 is 0 Å². The Morgan fingerprint density at radius 1 is 1.00 bits per heavy atom. The van der Waals surface area contributed by atoms with Gasteiger partial charge in [-0.1, -0.05) is 13.3 Å². The zero-order valence-corrected chi connectivity index (χ0v) is 18.9. The third kappa shape index (κ3) is 3.57. The smallest absolute Gasteiger partial charge is 0.336 e. The molecule has 0 bridgehead atoms. The maximum absolute atomic E-state index is 13.2. The minimum atomic E-state index is -0.560. The molecule has 0 fully saturated rings. The molecule has 1 aromatic heterocycles. The number of ketones is 1. The summed E-state index contributed by atoms with van der Waals surface area (Å²) < 4.78 is 28.3. The molecule has 2 heterocycles. The Morgan fingerprint density at radius 2 is 1.69 bits per heavy atom. The number of hydrogen-bond acceptors (Lipinski definition) is 7. The van der Waals surface area contributed by atoms with Crippen LogP contribution in [0.1, 0.15) is 52.9 Å². The van der Waals surface area contributed by atoms with Crippen molar-refractivity contribution in [1.29, 1.82) is 0 Å². The van der Waals surface area contributed by atoms with Crippen LogP contribution in [0.5, 0.6) is 23.0 Å². The zero-order valence-electron chi connectivity index (χ0n) is 18.9. The van der Waals surface area contributed by atoms with Gasteiger partial charge in [0.05, 0.1) is 38.7 Å². The van der Waals surface area contributed by atoms with E-state index in [-0.39, 0.29) is 12.2 Å². The first-order valence-corrected chi connectivity index (χ1v) is 10.5. The lowest BCUT2D eigenvalue weighted by molar-refractivity contribution is 0.0851. The number of benzene rings is 2. The van der Waals surface area contributed by atoms with E-state index in [1.165, 1.54) is 13.2 Å². The van der Waals surface area contributed by atoms with Crippen LogP contribution in [0, 0.1) is 6.92 Å². The molecule has 3 aromatic rings. The maximum atomic E-state index is 13.2. The van der Waals surface area contributed by atoms with Crippen molar-refractivity contribution in [2.24, 2.45) is 0 Å². The highest BCUT2D eigenvalue weighted by Crippen LogP contribution is 2.46. The van der Waals surface area contributed by atoms with Crippen molar-refractivity contribution in [3.05, 3.63) is 56.9 Å². The molecular formula is C25H26O7. The largest absolute Gasteiger partial charge is 0.493 e. The number of methoxy groups -OCH3 is 3. The Balaban J connectivity index is 1.91. The summed E-state index contributed by atoms with van der Waals surface area (Å²) in [6.07, 6.45) is 1.11. The highest BCUT2D eigenvalue weighted by atomic mass is 16.5. The van der Waals surface area contributed by atoms with Gasteiger partial charge in [-0.15, -0.1) is 0 Å². The first kappa shape index (κ1) is 21.7. The van der Waals surface area contributed by atoms with Crippen molar-refractivity contribution >= 4 is 16.8 Å². The van der Waals surface area contributed by atoms with Crippen LogP contribution in [0.2, 0.25) is 0 Å². The highest BCUT2D eigenvalue weighted by Gasteiger charge is 2.33. The number of hydrogen-bond donors (Lipinski definition) is 0. The predicted molar refractivity (Wildman–Crippen MR) is 120 cm³/mol. The molecule has 32 heavy (non-hydrogen) atoms. The van der Waals surface area contributed by atoms with Gasteiger partial charge in [0.15, 0.2) is 17.3 Å². The Kier molecular flexibility index (Phi) is 5.82. The third-order valence-electron chi connectivity index (χ3n) is 5.75. The summed E-state index contributed by atoms with van der Waals surface area (Å²) in [5, 5.41) is 0.678. The molecule has 0 N–H and O–H groups in total. The molecule has 2 aromatic carbocycles. The molecule has 4 rings (SSSR count). The molecule has 1 atom stereocenters. The van der Waals surface area contributed by atoms with Crippen molar-refractivity contribution in [1.82, 2.24) is 0 Å². The average Bonchev–Trinajstić information content (AvgIpc) is 2.77. The fraction of sp³-hybridized carbons (Fsp3) is 0.360. The van der Waals surface area contributed by atoms with Crippen molar-refractivity contribution in [2.45, 2.75) is 39.2 Å². The van der Waals surface area contributed by atoms with Gasteiger partial charge in [-0.25, -0.2) is 4.79 Å². The molecule has 1 aliphatic heterocycles. The van der Waals surface area contributed by atoms with Crippen molar-refractivity contribution < 1.29 is 28.2 Å². The van der Waals surface area contributed by atoms with Gasteiger partial charge >= 0.3 is 5.63 Å². The van der Waals surface area contributed by atoms with Gasteiger partial charge in [-0.2, -0.15) is 0 Å². The van der Waals surface area contributed by atoms with Crippen LogP contribution in [-0.4, -0.2) is 27.1 Å². The molecule has 0 aliphatic carbocycles. The van der Waals surface area contributed by atoms with Gasteiger partial charge in [-0.05, 0) is 42.7 Å². The van der Waals surface area contributed by atoms with Gasteiger partial charge in [-0.3, -0.25) is 4.79 Å². The van der Waals surface area contributed by atoms with Crippen LogP contribution in [0.15, 0.2) is 33.5 Å². The molecule has 0 spiro atoms. The number of ether oxygens (including phenoxy) is 4. The standard InChI is InChI=1S/C25H26O7/c1-6-7-14-11-21(27)31-18-8-13(2)22-16(26)12-17(32-25(22)23(14)18)15-9-19(28-3)24(30-5)20(10-15)29-4/h8-11,17H,6-7,12H2,1-5H3/t17-/m0/s1. The van der Waals surface area contributed by atoms with Crippen LogP contribution < -0.4 is 24.6 Å². The molecule has 0 unspecified atom stereocenters. The minimum absolute atomic E-state index is 0.0296. The zero-order chi connectivity index (χ0) is 23.0. The van der Waals surface area contributed by atoms with Gasteiger partial charge in [0, 0.05) is 11.6 Å². The summed E-state index contributed by atoms with van der Waals surface area (Å²) in [6, 6.07) is 6.80. The second kappa shape index (κ2) is 8.57. The van der Waals surface area contributed by atoms with Gasteiger partial charge < -0.3 is 23.4 Å². The first-order valence-electron chi connectivity index (χ1n) is 10.5. The van der Waals surface area contributed by atoms with Crippen LogP contribution in [-0.2, 0) is 6.42 Å². The fourth-order valence-corrected chi connectivity index (χ4v) is 4.35. The molecule has 0 saturated carbocycles. The van der Waals surface area contributed by atoms with Crippen LogP contribution in [0.3, 0.4) is 0 Å². The first-order chi connectivity index (χ1) is 15.4. The van der Waals surface area contributed by atoms with Crippen molar-refractivity contribution in [3.63, 3.8) is 0 Å². The van der Waals surface area contributed by atoms with Crippen LogP contribution in [0.25, 0.3) is 11.0 Å². The Labute approximate surface area is 185 Å². The number of fused-ring (bicyclic) bond motifs is 3. The van der Waals surface area contributed by atoms with E-state index >= 15 is 0 Å². The molecular weight excluding hydrogens is 412 g/mol. The van der Waals surface area contributed by atoms with Crippen molar-refractivity contribution in [2.75, 3.05) is 21.3 Å². The van der Waals surface area contributed by atoms with E-state index in [1.807, 2.05) is 13.8 Å². The molecule has 0 amide bonds. The number of rotatable bonds is 6. The Hall–Kier alpha value is -3.48. The second-order valence-electron chi connectivity index (χ2n) is 7.80. The normalized spacial score (nSPS) is 15.3. The van der Waals surface area contributed by atoms with Gasteiger partial charge in [0.2, 0.25) is 5.75 Å². The number of carbonyl (C=O) groups is 1.